The highest BCUT2D eigenvalue weighted by Crippen LogP contribution is 2.15. The van der Waals surface area contributed by atoms with Crippen molar-refractivity contribution in [2.45, 2.75) is 13.0 Å². The SMILES string of the molecule is CC(COc1ccc(/C=C/c2ccccc2)cc1)[N+](C)(C)C. The largest absolute Gasteiger partial charge is 0.487 e. The summed E-state index contributed by atoms with van der Waals surface area (Å²) >= 11 is 0. The molecule has 0 saturated carbocycles. The number of likely N-dealkylation sites (N-methyl/N-ethyl adjacent to an activating group) is 1. The van der Waals surface area contributed by atoms with Gasteiger partial charge in [-0.05, 0) is 30.2 Å². The highest BCUT2D eigenvalue weighted by molar-refractivity contribution is 5.69. The monoisotopic (exact) mass is 296 g/mol. The third-order valence-electron chi connectivity index (χ3n) is 3.96. The van der Waals surface area contributed by atoms with Crippen molar-refractivity contribution in [1.29, 1.82) is 0 Å². The molecule has 2 aromatic rings. The first-order valence-electron chi connectivity index (χ1n) is 7.72. The van der Waals surface area contributed by atoms with E-state index in [1.807, 2.05) is 30.3 Å². The van der Waals surface area contributed by atoms with Crippen LogP contribution < -0.4 is 4.74 Å². The fourth-order valence-corrected chi connectivity index (χ4v) is 1.87. The Morgan fingerprint density at radius 3 is 1.95 bits per heavy atom. The van der Waals surface area contributed by atoms with Gasteiger partial charge in [-0.25, -0.2) is 0 Å². The topological polar surface area (TPSA) is 9.23 Å². The molecule has 0 aromatic heterocycles. The Morgan fingerprint density at radius 1 is 0.864 bits per heavy atom. The minimum Gasteiger partial charge on any atom is -0.487 e. The maximum Gasteiger partial charge on any atom is 0.140 e. The van der Waals surface area contributed by atoms with Gasteiger partial charge in [-0.2, -0.15) is 0 Å². The summed E-state index contributed by atoms with van der Waals surface area (Å²) in [6.07, 6.45) is 4.24. The molecular weight excluding hydrogens is 270 g/mol. The van der Waals surface area contributed by atoms with Crippen LogP contribution in [-0.2, 0) is 0 Å². The molecule has 116 valence electrons. The van der Waals surface area contributed by atoms with Gasteiger partial charge >= 0.3 is 0 Å². The smallest absolute Gasteiger partial charge is 0.140 e. The van der Waals surface area contributed by atoms with Crippen LogP contribution in [0.5, 0.6) is 5.75 Å². The molecule has 0 amide bonds. The third kappa shape index (κ3) is 5.05. The van der Waals surface area contributed by atoms with E-state index < -0.39 is 0 Å². The summed E-state index contributed by atoms with van der Waals surface area (Å²) in [7, 11) is 6.56. The van der Waals surface area contributed by atoms with Crippen molar-refractivity contribution in [1.82, 2.24) is 0 Å². The summed E-state index contributed by atoms with van der Waals surface area (Å²) in [6.45, 7) is 2.93. The molecule has 2 rings (SSSR count). The third-order valence-corrected chi connectivity index (χ3v) is 3.96. The number of nitrogens with zero attached hydrogens (tertiary/aromatic N) is 1. The van der Waals surface area contributed by atoms with Gasteiger partial charge in [0.2, 0.25) is 0 Å². The van der Waals surface area contributed by atoms with Crippen LogP contribution in [0.4, 0.5) is 0 Å². The van der Waals surface area contributed by atoms with Gasteiger partial charge < -0.3 is 9.22 Å². The molecule has 0 N–H and O–H groups in total. The Kier molecular flexibility index (Phi) is 5.40. The van der Waals surface area contributed by atoms with Gasteiger partial charge in [-0.15, -0.1) is 0 Å². The van der Waals surface area contributed by atoms with Crippen LogP contribution in [0.3, 0.4) is 0 Å². The lowest BCUT2D eigenvalue weighted by Crippen LogP contribution is -2.46. The molecule has 0 heterocycles. The Bertz CT molecular complexity index is 594. The normalized spacial score (nSPS) is 13.3. The van der Waals surface area contributed by atoms with Gasteiger partial charge in [0, 0.05) is 0 Å². The second kappa shape index (κ2) is 7.28. The Morgan fingerprint density at radius 2 is 1.41 bits per heavy atom. The molecular formula is C20H26NO+. The summed E-state index contributed by atoms with van der Waals surface area (Å²) < 4.78 is 6.77. The molecule has 2 aromatic carbocycles. The number of hydrogen-bond donors (Lipinski definition) is 0. The average molecular weight is 296 g/mol. The van der Waals surface area contributed by atoms with E-state index in [1.165, 1.54) is 11.1 Å². The number of benzene rings is 2. The van der Waals surface area contributed by atoms with Gasteiger partial charge in [0.1, 0.15) is 18.4 Å². The molecule has 0 aliphatic rings. The minimum atomic E-state index is 0.456. The number of quaternary nitrogens is 1. The average Bonchev–Trinajstić information content (AvgIpc) is 2.51. The van der Waals surface area contributed by atoms with E-state index in [1.54, 1.807) is 0 Å². The molecule has 2 nitrogen and oxygen atoms in total. The van der Waals surface area contributed by atoms with Gasteiger partial charge in [0.15, 0.2) is 0 Å². The molecule has 0 spiro atoms. The molecule has 2 heteroatoms. The van der Waals surface area contributed by atoms with Crippen LogP contribution >= 0.6 is 0 Å². The van der Waals surface area contributed by atoms with Crippen molar-refractivity contribution < 1.29 is 9.22 Å². The molecule has 22 heavy (non-hydrogen) atoms. The van der Waals surface area contributed by atoms with E-state index in [0.717, 1.165) is 16.8 Å². The first-order valence-corrected chi connectivity index (χ1v) is 7.72. The standard InChI is InChI=1S/C20H26NO/c1-17(21(2,3)4)16-22-20-14-12-19(13-15-20)11-10-18-8-6-5-7-9-18/h5-15,17H,16H2,1-4H3/q+1/b11-10+. The van der Waals surface area contributed by atoms with E-state index in [-0.39, 0.29) is 0 Å². The quantitative estimate of drug-likeness (QED) is 0.569. The molecule has 1 atom stereocenters. The predicted octanol–water partition coefficient (Wildman–Crippen LogP) is 4.33. The van der Waals surface area contributed by atoms with E-state index in [9.17, 15) is 0 Å². The highest BCUT2D eigenvalue weighted by Gasteiger charge is 2.18. The van der Waals surface area contributed by atoms with Crippen LogP contribution in [0.1, 0.15) is 18.1 Å². The van der Waals surface area contributed by atoms with Gasteiger partial charge in [-0.1, -0.05) is 54.6 Å². The second-order valence-corrected chi connectivity index (χ2v) is 6.59. The fourth-order valence-electron chi connectivity index (χ4n) is 1.87. The first-order chi connectivity index (χ1) is 10.4. The van der Waals surface area contributed by atoms with Gasteiger partial charge in [0.25, 0.3) is 0 Å². The van der Waals surface area contributed by atoms with Gasteiger partial charge in [-0.3, -0.25) is 0 Å². The van der Waals surface area contributed by atoms with E-state index >= 15 is 0 Å². The molecule has 1 unspecified atom stereocenters. The molecule has 0 radical (unpaired) electrons. The number of ether oxygens (including phenoxy) is 1. The lowest BCUT2D eigenvalue weighted by atomic mass is 10.1. The zero-order valence-electron chi connectivity index (χ0n) is 14.0. The van der Waals surface area contributed by atoms with Crippen LogP contribution in [-0.4, -0.2) is 38.3 Å². The molecule has 0 aliphatic heterocycles. The molecule has 0 aliphatic carbocycles. The van der Waals surface area contributed by atoms with Crippen molar-refractivity contribution in [2.24, 2.45) is 0 Å². The zero-order valence-corrected chi connectivity index (χ0v) is 14.0. The van der Waals surface area contributed by atoms with Crippen molar-refractivity contribution in [3.63, 3.8) is 0 Å². The minimum absolute atomic E-state index is 0.456. The maximum absolute atomic E-state index is 5.87. The molecule has 0 bridgehead atoms. The fraction of sp³-hybridized carbons (Fsp3) is 0.300. The van der Waals surface area contributed by atoms with E-state index in [2.05, 4.69) is 64.5 Å². The van der Waals surface area contributed by atoms with Crippen LogP contribution in [0, 0.1) is 0 Å². The number of rotatable bonds is 6. The summed E-state index contributed by atoms with van der Waals surface area (Å²) in [6, 6.07) is 19.0. The Balaban J connectivity index is 1.92. The first kappa shape index (κ1) is 16.3. The van der Waals surface area contributed by atoms with Crippen LogP contribution in [0.25, 0.3) is 12.2 Å². The highest BCUT2D eigenvalue weighted by atomic mass is 16.5. The summed E-state index contributed by atoms with van der Waals surface area (Å²) in [5, 5.41) is 0. The molecule has 0 saturated heterocycles. The van der Waals surface area contributed by atoms with E-state index in [4.69, 9.17) is 4.74 Å². The molecule has 0 fully saturated rings. The lowest BCUT2D eigenvalue weighted by molar-refractivity contribution is -0.894. The lowest BCUT2D eigenvalue weighted by Gasteiger charge is -2.31. The van der Waals surface area contributed by atoms with Crippen LogP contribution in [0.15, 0.2) is 54.6 Å². The maximum atomic E-state index is 5.87. The predicted molar refractivity (Wildman–Crippen MR) is 94.8 cm³/mol. The van der Waals surface area contributed by atoms with E-state index in [0.29, 0.717) is 6.04 Å². The van der Waals surface area contributed by atoms with Crippen molar-refractivity contribution >= 4 is 12.2 Å². The second-order valence-electron chi connectivity index (χ2n) is 6.59. The van der Waals surface area contributed by atoms with Gasteiger partial charge in [0.05, 0.1) is 21.1 Å². The Labute approximate surface area is 134 Å². The summed E-state index contributed by atoms with van der Waals surface area (Å²) in [4.78, 5) is 0. The summed E-state index contributed by atoms with van der Waals surface area (Å²) in [5.74, 6) is 0.928. The zero-order chi connectivity index (χ0) is 16.0. The van der Waals surface area contributed by atoms with Crippen molar-refractivity contribution in [2.75, 3.05) is 27.7 Å². The number of hydrogen-bond acceptors (Lipinski definition) is 1. The van der Waals surface area contributed by atoms with Crippen molar-refractivity contribution in [3.8, 4) is 5.75 Å². The van der Waals surface area contributed by atoms with Crippen molar-refractivity contribution in [3.05, 3.63) is 65.7 Å². The summed E-state index contributed by atoms with van der Waals surface area (Å²) in [5.41, 5.74) is 2.38. The Hall–Kier alpha value is -2.06. The van der Waals surface area contributed by atoms with Crippen LogP contribution in [0.2, 0.25) is 0 Å².